The molecule has 6 heteroatoms. The average molecular weight is 390 g/mol. The molecule has 1 N–H and O–H groups in total. The van der Waals surface area contributed by atoms with Gasteiger partial charge in [0.15, 0.2) is 9.84 Å². The van der Waals surface area contributed by atoms with E-state index in [0.717, 1.165) is 35.7 Å². The summed E-state index contributed by atoms with van der Waals surface area (Å²) in [5.74, 6) is 0.703. The van der Waals surface area contributed by atoms with Crippen molar-refractivity contribution >= 4 is 25.8 Å². The monoisotopic (exact) mass is 389 g/mol. The molecule has 0 fully saturated rings. The van der Waals surface area contributed by atoms with Gasteiger partial charge in [0, 0.05) is 18.2 Å². The summed E-state index contributed by atoms with van der Waals surface area (Å²) in [4.78, 5) is 0.395. The number of unbranched alkanes of at least 4 members (excludes halogenated alkanes) is 1. The zero-order valence-electron chi connectivity index (χ0n) is 13.4. The number of rotatable bonds is 5. The Morgan fingerprint density at radius 2 is 2.09 bits per heavy atom. The maximum Gasteiger partial charge on any atom is 0.180 e. The second-order valence-corrected chi connectivity index (χ2v) is 8.76. The standard InChI is InChI=1S/C16H24BrNO3S/c1-4-6-7-16(5-2)11-22(19,20)15-9-14(21-3)13(17)8-12(15)10-18-16/h8-9,18H,4-7,10-11H2,1-3H3/t16-/m1/s1. The molecule has 0 radical (unpaired) electrons. The van der Waals surface area contributed by atoms with Gasteiger partial charge in [0.05, 0.1) is 22.2 Å². The molecular formula is C16H24BrNO3S. The van der Waals surface area contributed by atoms with Crippen LogP contribution in [0.15, 0.2) is 21.5 Å². The average Bonchev–Trinajstić information content (AvgIpc) is 2.59. The molecule has 1 heterocycles. The molecule has 0 saturated heterocycles. The number of nitrogens with one attached hydrogen (secondary N) is 1. The lowest BCUT2D eigenvalue weighted by atomic mass is 9.91. The van der Waals surface area contributed by atoms with Crippen LogP contribution in [0.5, 0.6) is 5.75 Å². The van der Waals surface area contributed by atoms with Gasteiger partial charge in [0.25, 0.3) is 0 Å². The fourth-order valence-electron chi connectivity index (χ4n) is 3.01. The van der Waals surface area contributed by atoms with Crippen LogP contribution in [0.2, 0.25) is 0 Å². The molecule has 124 valence electrons. The first-order chi connectivity index (χ1) is 10.4. The molecule has 1 atom stereocenters. The second kappa shape index (κ2) is 6.89. The number of sulfone groups is 1. The molecule has 2 rings (SSSR count). The lowest BCUT2D eigenvalue weighted by Gasteiger charge is -2.32. The van der Waals surface area contributed by atoms with Crippen molar-refractivity contribution in [2.75, 3.05) is 12.9 Å². The van der Waals surface area contributed by atoms with E-state index in [4.69, 9.17) is 4.74 Å². The van der Waals surface area contributed by atoms with E-state index >= 15 is 0 Å². The molecule has 0 amide bonds. The van der Waals surface area contributed by atoms with E-state index in [1.54, 1.807) is 13.2 Å². The van der Waals surface area contributed by atoms with E-state index < -0.39 is 9.84 Å². The van der Waals surface area contributed by atoms with Crippen molar-refractivity contribution in [2.24, 2.45) is 0 Å². The lowest BCUT2D eigenvalue weighted by Crippen LogP contribution is -2.48. The molecule has 1 aromatic carbocycles. The minimum Gasteiger partial charge on any atom is -0.496 e. The van der Waals surface area contributed by atoms with Gasteiger partial charge in [0.2, 0.25) is 0 Å². The molecule has 0 spiro atoms. The normalized spacial score (nSPS) is 23.6. The van der Waals surface area contributed by atoms with Gasteiger partial charge < -0.3 is 10.1 Å². The summed E-state index contributed by atoms with van der Waals surface area (Å²) in [7, 11) is -1.79. The van der Waals surface area contributed by atoms with Gasteiger partial charge in [-0.2, -0.15) is 0 Å². The van der Waals surface area contributed by atoms with E-state index in [-0.39, 0.29) is 11.3 Å². The van der Waals surface area contributed by atoms with E-state index in [1.807, 2.05) is 6.07 Å². The number of fused-ring (bicyclic) bond motifs is 1. The molecule has 0 aromatic heterocycles. The fraction of sp³-hybridized carbons (Fsp3) is 0.625. The molecule has 0 unspecified atom stereocenters. The summed E-state index contributed by atoms with van der Waals surface area (Å²) < 4.78 is 31.8. The largest absolute Gasteiger partial charge is 0.496 e. The van der Waals surface area contributed by atoms with Gasteiger partial charge in [-0.3, -0.25) is 0 Å². The first kappa shape index (κ1) is 17.8. The fourth-order valence-corrected chi connectivity index (χ4v) is 5.72. The third kappa shape index (κ3) is 3.49. The Labute approximate surface area is 141 Å². The van der Waals surface area contributed by atoms with Crippen molar-refractivity contribution in [2.45, 2.75) is 56.5 Å². The maximum atomic E-state index is 12.9. The van der Waals surface area contributed by atoms with Gasteiger partial charge >= 0.3 is 0 Å². The first-order valence-electron chi connectivity index (χ1n) is 7.71. The van der Waals surface area contributed by atoms with E-state index in [2.05, 4.69) is 35.1 Å². The summed E-state index contributed by atoms with van der Waals surface area (Å²) in [6, 6.07) is 3.49. The van der Waals surface area contributed by atoms with E-state index in [1.165, 1.54) is 0 Å². The highest BCUT2D eigenvalue weighted by Gasteiger charge is 2.38. The van der Waals surface area contributed by atoms with Crippen LogP contribution in [-0.4, -0.2) is 26.8 Å². The van der Waals surface area contributed by atoms with E-state index in [9.17, 15) is 8.42 Å². The number of hydrogen-bond acceptors (Lipinski definition) is 4. The minimum absolute atomic E-state index is 0.147. The maximum absolute atomic E-state index is 12.9. The molecule has 1 aromatic rings. The Bertz CT molecular complexity index is 645. The van der Waals surface area contributed by atoms with Crippen LogP contribution >= 0.6 is 15.9 Å². The van der Waals surface area contributed by atoms with Crippen molar-refractivity contribution in [3.8, 4) is 5.75 Å². The number of halogens is 1. The smallest absolute Gasteiger partial charge is 0.180 e. The Morgan fingerprint density at radius 3 is 2.68 bits per heavy atom. The topological polar surface area (TPSA) is 55.4 Å². The van der Waals surface area contributed by atoms with Gasteiger partial charge in [-0.1, -0.05) is 26.7 Å². The number of methoxy groups -OCH3 is 1. The lowest BCUT2D eigenvalue weighted by molar-refractivity contribution is 0.313. The number of benzene rings is 1. The molecule has 0 saturated carbocycles. The zero-order chi connectivity index (χ0) is 16.4. The van der Waals surface area contributed by atoms with Crippen LogP contribution in [0.25, 0.3) is 0 Å². The first-order valence-corrected chi connectivity index (χ1v) is 10.2. The third-order valence-corrected chi connectivity index (χ3v) is 7.08. The Hall–Kier alpha value is -0.590. The highest BCUT2D eigenvalue weighted by Crippen LogP contribution is 2.36. The summed E-state index contributed by atoms with van der Waals surface area (Å²) in [5, 5.41) is 3.52. The second-order valence-electron chi connectivity index (χ2n) is 5.94. The van der Waals surface area contributed by atoms with Gasteiger partial charge in [-0.15, -0.1) is 0 Å². The van der Waals surface area contributed by atoms with Crippen molar-refractivity contribution in [3.05, 3.63) is 22.2 Å². The summed E-state index contributed by atoms with van der Waals surface area (Å²) in [5.41, 5.74) is 0.465. The zero-order valence-corrected chi connectivity index (χ0v) is 15.8. The quantitative estimate of drug-likeness (QED) is 0.834. The van der Waals surface area contributed by atoms with Gasteiger partial charge in [-0.25, -0.2) is 8.42 Å². The summed E-state index contributed by atoms with van der Waals surface area (Å²) >= 11 is 3.44. The van der Waals surface area contributed by atoms with Gasteiger partial charge in [-0.05, 0) is 40.4 Å². The number of ether oxygens (including phenoxy) is 1. The molecule has 0 aliphatic carbocycles. The molecule has 22 heavy (non-hydrogen) atoms. The van der Waals surface area contributed by atoms with Crippen LogP contribution in [0.4, 0.5) is 0 Å². The van der Waals surface area contributed by atoms with Crippen molar-refractivity contribution in [1.82, 2.24) is 5.32 Å². The molecular weight excluding hydrogens is 366 g/mol. The van der Waals surface area contributed by atoms with Crippen LogP contribution in [0.1, 0.15) is 45.1 Å². The van der Waals surface area contributed by atoms with Crippen LogP contribution < -0.4 is 10.1 Å². The van der Waals surface area contributed by atoms with Crippen molar-refractivity contribution < 1.29 is 13.2 Å². The Balaban J connectivity index is 2.47. The van der Waals surface area contributed by atoms with Crippen LogP contribution in [0.3, 0.4) is 0 Å². The number of hydrogen-bond donors (Lipinski definition) is 1. The summed E-state index contributed by atoms with van der Waals surface area (Å²) in [6.45, 7) is 4.75. The highest BCUT2D eigenvalue weighted by molar-refractivity contribution is 9.10. The SMILES string of the molecule is CCCC[C@]1(CC)CS(=O)(=O)c2cc(OC)c(Br)cc2CN1. The third-order valence-electron chi connectivity index (χ3n) is 4.48. The van der Waals surface area contributed by atoms with Crippen molar-refractivity contribution in [1.29, 1.82) is 0 Å². The Morgan fingerprint density at radius 1 is 1.36 bits per heavy atom. The summed E-state index contributed by atoms with van der Waals surface area (Å²) in [6.07, 6.45) is 3.78. The molecule has 0 bridgehead atoms. The molecule has 1 aliphatic heterocycles. The van der Waals surface area contributed by atoms with E-state index in [0.29, 0.717) is 17.2 Å². The van der Waals surface area contributed by atoms with Gasteiger partial charge in [0.1, 0.15) is 5.75 Å². The predicted octanol–water partition coefficient (Wildman–Crippen LogP) is 3.67. The highest BCUT2D eigenvalue weighted by atomic mass is 79.9. The molecule has 4 nitrogen and oxygen atoms in total. The minimum atomic E-state index is -3.34. The van der Waals surface area contributed by atoms with Crippen LogP contribution in [0, 0.1) is 0 Å². The van der Waals surface area contributed by atoms with Crippen LogP contribution in [-0.2, 0) is 16.4 Å². The van der Waals surface area contributed by atoms with Crippen molar-refractivity contribution in [3.63, 3.8) is 0 Å². The predicted molar refractivity (Wildman–Crippen MR) is 92.1 cm³/mol. The Kier molecular flexibility index (Phi) is 5.56. The molecule has 1 aliphatic rings.